The van der Waals surface area contributed by atoms with Crippen molar-refractivity contribution in [2.24, 2.45) is 0 Å². The van der Waals surface area contributed by atoms with Gasteiger partial charge in [0.2, 0.25) is 0 Å². The lowest BCUT2D eigenvalue weighted by Crippen LogP contribution is -2.19. The minimum absolute atomic E-state index is 0.191. The monoisotopic (exact) mass is 431 g/mol. The molecule has 1 saturated carbocycles. The highest BCUT2D eigenvalue weighted by Gasteiger charge is 2.17. The summed E-state index contributed by atoms with van der Waals surface area (Å²) in [6.07, 6.45) is 5.06. The van der Waals surface area contributed by atoms with E-state index >= 15 is 0 Å². The molecule has 0 spiro atoms. The molecule has 0 radical (unpaired) electrons. The predicted molar refractivity (Wildman–Crippen MR) is 118 cm³/mol. The molecule has 1 aromatic heterocycles. The van der Waals surface area contributed by atoms with Crippen LogP contribution in [0.2, 0.25) is 0 Å². The summed E-state index contributed by atoms with van der Waals surface area (Å²) in [6.45, 7) is 0. The molecule has 1 heterocycles. The number of amides is 1. The second-order valence-corrected chi connectivity index (χ2v) is 7.90. The largest absolute Gasteiger partial charge is 0.496 e. The molecule has 8 heteroatoms. The van der Waals surface area contributed by atoms with E-state index in [1.165, 1.54) is 57.3 Å². The Bertz CT molecular complexity index is 980. The molecule has 1 amide bonds. The highest BCUT2D eigenvalue weighted by atomic mass is 32.1. The van der Waals surface area contributed by atoms with Crippen LogP contribution in [-0.2, 0) is 0 Å². The number of benzene rings is 2. The Kier molecular flexibility index (Phi) is 7.46. The first kappa shape index (κ1) is 21.8. The van der Waals surface area contributed by atoms with Crippen LogP contribution < -0.4 is 20.1 Å². The van der Waals surface area contributed by atoms with Gasteiger partial charge in [-0.05, 0) is 43.2 Å². The Morgan fingerprint density at radius 1 is 1.13 bits per heavy atom. The lowest BCUT2D eigenvalue weighted by Gasteiger charge is -2.10. The van der Waals surface area contributed by atoms with Gasteiger partial charge in [0.15, 0.2) is 5.13 Å². The number of nitrogens with zero attached hydrogens (tertiary/aromatic N) is 1. The van der Waals surface area contributed by atoms with E-state index < -0.39 is 0 Å². The van der Waals surface area contributed by atoms with Gasteiger partial charge in [-0.2, -0.15) is 0 Å². The molecule has 0 atom stereocenters. The Hall–Kier alpha value is -2.87. The van der Waals surface area contributed by atoms with Crippen molar-refractivity contribution < 1.29 is 18.7 Å². The maximum absolute atomic E-state index is 13.0. The third kappa shape index (κ3) is 5.18. The van der Waals surface area contributed by atoms with Gasteiger partial charge in [-0.1, -0.05) is 30.2 Å². The van der Waals surface area contributed by atoms with Crippen LogP contribution in [-0.4, -0.2) is 38.2 Å². The fraction of sp³-hybridized carbons (Fsp3) is 0.364. The summed E-state index contributed by atoms with van der Waals surface area (Å²) >= 11 is 1.54. The van der Waals surface area contributed by atoms with Crippen molar-refractivity contribution >= 4 is 32.6 Å². The van der Waals surface area contributed by atoms with Crippen LogP contribution in [0.5, 0.6) is 11.5 Å². The topological polar surface area (TPSA) is 72.5 Å². The van der Waals surface area contributed by atoms with Crippen molar-refractivity contribution in [3.8, 4) is 11.5 Å². The number of thiazole rings is 1. The molecular weight excluding hydrogens is 405 g/mol. The summed E-state index contributed by atoms with van der Waals surface area (Å²) in [5.41, 5.74) is 1.30. The van der Waals surface area contributed by atoms with Crippen LogP contribution >= 0.6 is 11.3 Å². The second kappa shape index (κ2) is 10.2. The van der Waals surface area contributed by atoms with Crippen molar-refractivity contribution in [3.05, 3.63) is 47.8 Å². The van der Waals surface area contributed by atoms with Gasteiger partial charge in [0.05, 0.1) is 24.4 Å². The average molecular weight is 432 g/mol. The number of aromatic nitrogens is 1. The molecule has 1 aliphatic rings. The number of methoxy groups -OCH3 is 2. The van der Waals surface area contributed by atoms with E-state index in [1.807, 2.05) is 0 Å². The number of rotatable bonds is 5. The highest BCUT2D eigenvalue weighted by molar-refractivity contribution is 7.22. The zero-order valence-electron chi connectivity index (χ0n) is 17.3. The Morgan fingerprint density at radius 2 is 1.80 bits per heavy atom. The minimum atomic E-state index is -0.223. The van der Waals surface area contributed by atoms with E-state index in [1.54, 1.807) is 37.4 Å². The summed E-state index contributed by atoms with van der Waals surface area (Å²) in [6, 6.07) is 10.5. The van der Waals surface area contributed by atoms with Crippen LogP contribution in [0.15, 0.2) is 36.4 Å². The molecule has 0 aliphatic heterocycles. The van der Waals surface area contributed by atoms with Gasteiger partial charge in [0, 0.05) is 13.1 Å². The quantitative estimate of drug-likeness (QED) is 0.604. The first-order chi connectivity index (χ1) is 14.5. The molecule has 3 aromatic rings. The van der Waals surface area contributed by atoms with Crippen molar-refractivity contribution in [1.29, 1.82) is 0 Å². The summed E-state index contributed by atoms with van der Waals surface area (Å²) in [5, 5.41) is 6.89. The highest BCUT2D eigenvalue weighted by Crippen LogP contribution is 2.30. The molecule has 1 aliphatic carbocycles. The van der Waals surface area contributed by atoms with Gasteiger partial charge in [0.1, 0.15) is 22.9 Å². The smallest absolute Gasteiger partial charge is 0.258 e. The summed E-state index contributed by atoms with van der Waals surface area (Å²) < 4.78 is 24.1. The molecule has 1 fully saturated rings. The summed E-state index contributed by atoms with van der Waals surface area (Å²) in [7, 11) is 4.59. The molecule has 6 nitrogen and oxygen atoms in total. The Labute approximate surface area is 179 Å². The van der Waals surface area contributed by atoms with E-state index in [-0.39, 0.29) is 11.7 Å². The third-order valence-electron chi connectivity index (χ3n) is 4.92. The maximum atomic E-state index is 13.0. The number of nitrogens with one attached hydrogen (secondary N) is 2. The molecule has 30 heavy (non-hydrogen) atoms. The van der Waals surface area contributed by atoms with Gasteiger partial charge < -0.3 is 20.1 Å². The van der Waals surface area contributed by atoms with Crippen molar-refractivity contribution in [2.45, 2.75) is 31.7 Å². The zero-order valence-corrected chi connectivity index (χ0v) is 18.1. The van der Waals surface area contributed by atoms with E-state index in [0.29, 0.717) is 23.1 Å². The lowest BCUT2D eigenvalue weighted by molar-refractivity contribution is 0.0957. The molecule has 2 N–H and O–H groups in total. The van der Waals surface area contributed by atoms with E-state index in [2.05, 4.69) is 15.6 Å². The van der Waals surface area contributed by atoms with Crippen LogP contribution in [0.3, 0.4) is 0 Å². The molecule has 0 saturated heterocycles. The number of hydrogen-bond donors (Lipinski definition) is 2. The predicted octanol–water partition coefficient (Wildman–Crippen LogP) is 4.85. The van der Waals surface area contributed by atoms with Crippen molar-refractivity contribution in [1.82, 2.24) is 10.3 Å². The number of fused-ring (bicyclic) bond motifs is 1. The van der Waals surface area contributed by atoms with Gasteiger partial charge in [-0.3, -0.25) is 4.79 Å². The molecule has 0 bridgehead atoms. The maximum Gasteiger partial charge on any atom is 0.258 e. The third-order valence-corrected chi connectivity index (χ3v) is 5.86. The normalized spacial score (nSPS) is 13.5. The second-order valence-electron chi connectivity index (χ2n) is 6.87. The number of carbonyl (C=O) groups excluding carboxylic acids is 1. The standard InChI is InChI=1S/C12H13FN2S.C10H13NO3/c13-8-5-6-10-11(7-8)16-12(15-10)14-9-3-1-2-4-9;1-11-10(12)9-7(13-2)5-4-6-8(9)14-3/h5-7,9H,1-4H2,(H,14,15);4-6H,1-3H3,(H,11,12). The first-order valence-corrected chi connectivity index (χ1v) is 10.6. The molecule has 0 unspecified atom stereocenters. The number of hydrogen-bond acceptors (Lipinski definition) is 6. The molecule has 160 valence electrons. The van der Waals surface area contributed by atoms with Crippen molar-refractivity contribution in [2.75, 3.05) is 26.6 Å². The van der Waals surface area contributed by atoms with E-state index in [4.69, 9.17) is 9.47 Å². The average Bonchev–Trinajstić information content (AvgIpc) is 3.42. The molecule has 2 aromatic carbocycles. The summed E-state index contributed by atoms with van der Waals surface area (Å²) in [4.78, 5) is 16.0. The lowest BCUT2D eigenvalue weighted by atomic mass is 10.1. The van der Waals surface area contributed by atoms with E-state index in [0.717, 1.165) is 15.3 Å². The molecular formula is C22H26FN3O3S. The fourth-order valence-corrected chi connectivity index (χ4v) is 4.37. The van der Waals surface area contributed by atoms with E-state index in [9.17, 15) is 9.18 Å². The zero-order chi connectivity index (χ0) is 21.5. The molecule has 4 rings (SSSR count). The number of carbonyl (C=O) groups is 1. The van der Waals surface area contributed by atoms with Crippen LogP contribution in [0.25, 0.3) is 10.2 Å². The van der Waals surface area contributed by atoms with Crippen LogP contribution in [0, 0.1) is 5.82 Å². The van der Waals surface area contributed by atoms with Gasteiger partial charge >= 0.3 is 0 Å². The van der Waals surface area contributed by atoms with Crippen LogP contribution in [0.4, 0.5) is 9.52 Å². The number of ether oxygens (including phenoxy) is 2. The van der Waals surface area contributed by atoms with Gasteiger partial charge in [-0.15, -0.1) is 0 Å². The Balaban J connectivity index is 0.000000173. The minimum Gasteiger partial charge on any atom is -0.496 e. The SMILES string of the molecule is CNC(=O)c1c(OC)cccc1OC.Fc1ccc2nc(NC3CCCC3)sc2c1. The fourth-order valence-electron chi connectivity index (χ4n) is 3.40. The van der Waals surface area contributed by atoms with Crippen LogP contribution in [0.1, 0.15) is 36.0 Å². The Morgan fingerprint density at radius 3 is 2.40 bits per heavy atom. The summed E-state index contributed by atoms with van der Waals surface area (Å²) in [5.74, 6) is 0.593. The number of halogens is 1. The van der Waals surface area contributed by atoms with Gasteiger partial charge in [-0.25, -0.2) is 9.37 Å². The van der Waals surface area contributed by atoms with Crippen molar-refractivity contribution in [3.63, 3.8) is 0 Å². The number of anilines is 1. The van der Waals surface area contributed by atoms with Gasteiger partial charge in [0.25, 0.3) is 5.91 Å². The first-order valence-electron chi connectivity index (χ1n) is 9.81.